The zero-order chi connectivity index (χ0) is 24.6. The van der Waals surface area contributed by atoms with E-state index in [0.29, 0.717) is 0 Å². The number of nitrogens with zero attached hydrogens (tertiary/aromatic N) is 2. The summed E-state index contributed by atoms with van der Waals surface area (Å²) in [6.07, 6.45) is 4.37. The second-order valence-corrected chi connectivity index (χ2v) is 9.75. The lowest BCUT2D eigenvalue weighted by molar-refractivity contribution is 0.00795. The molecule has 1 fully saturated rings. The number of aromatic amines is 1. The number of hydrogen-bond acceptors (Lipinski definition) is 4. The Bertz CT molecular complexity index is 1360. The summed E-state index contributed by atoms with van der Waals surface area (Å²) < 4.78 is 0. The molecule has 35 heavy (non-hydrogen) atoms. The number of aromatic nitrogens is 2. The van der Waals surface area contributed by atoms with Crippen molar-refractivity contribution in [1.29, 1.82) is 0 Å². The molecule has 1 aliphatic heterocycles. The van der Waals surface area contributed by atoms with Crippen molar-refractivity contribution in [3.05, 3.63) is 78.5 Å². The second kappa shape index (κ2) is 9.23. The molecule has 0 radical (unpaired) electrons. The third-order valence-corrected chi connectivity index (χ3v) is 7.37. The molecule has 1 saturated heterocycles. The Morgan fingerprint density at radius 3 is 2.54 bits per heavy atom. The smallest absolute Gasteiger partial charge is 0.138 e. The van der Waals surface area contributed by atoms with Gasteiger partial charge in [0, 0.05) is 48.8 Å². The SMILES string of the molecule is C=C(c1ccc(-c2cc3c(-c4cccc(NC)c4CC)ccnc3[nH]2)cc1)N1CCC(C)(O)CC1. The van der Waals surface area contributed by atoms with Crippen LogP contribution in [0.3, 0.4) is 0 Å². The van der Waals surface area contributed by atoms with Crippen LogP contribution in [-0.4, -0.2) is 45.7 Å². The summed E-state index contributed by atoms with van der Waals surface area (Å²) in [5.74, 6) is 0. The van der Waals surface area contributed by atoms with Crippen LogP contribution in [0, 0.1) is 0 Å². The topological polar surface area (TPSA) is 64.2 Å². The van der Waals surface area contributed by atoms with Gasteiger partial charge in [0.1, 0.15) is 5.65 Å². The number of piperidine rings is 1. The average Bonchev–Trinajstić information content (AvgIpc) is 3.32. The molecule has 5 nitrogen and oxygen atoms in total. The standard InChI is InChI=1S/C30H34N4O/c1-5-23-24(7-6-8-27(23)31-4)25-13-16-32-29-26(25)19-28(33-29)22-11-9-21(10-12-22)20(2)34-17-14-30(3,35)15-18-34/h6-13,16,19,31,35H,2,5,14-15,17-18H2,1,3-4H3,(H,32,33). The second-order valence-electron chi connectivity index (χ2n) is 9.75. The number of benzene rings is 2. The molecule has 0 amide bonds. The van der Waals surface area contributed by atoms with Crippen molar-refractivity contribution >= 4 is 22.4 Å². The lowest BCUT2D eigenvalue weighted by Gasteiger charge is -2.38. The predicted octanol–water partition coefficient (Wildman–Crippen LogP) is 6.32. The largest absolute Gasteiger partial charge is 0.390 e. The molecule has 2 aromatic heterocycles. The maximum Gasteiger partial charge on any atom is 0.138 e. The number of hydrogen-bond donors (Lipinski definition) is 3. The van der Waals surface area contributed by atoms with Gasteiger partial charge in [-0.25, -0.2) is 4.98 Å². The van der Waals surface area contributed by atoms with Crippen LogP contribution in [0.1, 0.15) is 37.8 Å². The summed E-state index contributed by atoms with van der Waals surface area (Å²) in [6, 6.07) is 19.3. The van der Waals surface area contributed by atoms with E-state index in [2.05, 4.69) is 88.3 Å². The van der Waals surface area contributed by atoms with E-state index >= 15 is 0 Å². The van der Waals surface area contributed by atoms with Crippen LogP contribution in [0.25, 0.3) is 39.1 Å². The van der Waals surface area contributed by atoms with Crippen molar-refractivity contribution in [2.45, 2.75) is 38.7 Å². The van der Waals surface area contributed by atoms with Crippen molar-refractivity contribution < 1.29 is 5.11 Å². The average molecular weight is 467 g/mol. The van der Waals surface area contributed by atoms with Gasteiger partial charge in [0.2, 0.25) is 0 Å². The highest BCUT2D eigenvalue weighted by molar-refractivity contribution is 5.97. The highest BCUT2D eigenvalue weighted by Crippen LogP contribution is 2.36. The van der Waals surface area contributed by atoms with Crippen molar-refractivity contribution in [2.24, 2.45) is 0 Å². The molecule has 0 atom stereocenters. The molecule has 2 aromatic carbocycles. The summed E-state index contributed by atoms with van der Waals surface area (Å²) in [6.45, 7) is 10.1. The Morgan fingerprint density at radius 2 is 1.86 bits per heavy atom. The first-order chi connectivity index (χ1) is 16.9. The lowest BCUT2D eigenvalue weighted by Crippen LogP contribution is -2.41. The molecule has 4 aromatic rings. The summed E-state index contributed by atoms with van der Waals surface area (Å²) in [5, 5.41) is 14.7. The number of fused-ring (bicyclic) bond motifs is 1. The fourth-order valence-electron chi connectivity index (χ4n) is 5.15. The van der Waals surface area contributed by atoms with Crippen molar-refractivity contribution in [2.75, 3.05) is 25.5 Å². The summed E-state index contributed by atoms with van der Waals surface area (Å²) in [4.78, 5) is 10.4. The number of pyridine rings is 1. The Morgan fingerprint density at radius 1 is 1.11 bits per heavy atom. The van der Waals surface area contributed by atoms with E-state index in [0.717, 1.165) is 65.9 Å². The van der Waals surface area contributed by atoms with Gasteiger partial charge in [-0.05, 0) is 72.2 Å². The number of aliphatic hydroxyl groups is 1. The lowest BCUT2D eigenvalue weighted by atomic mass is 9.93. The molecule has 3 N–H and O–H groups in total. The molecular weight excluding hydrogens is 432 g/mol. The molecule has 0 aliphatic carbocycles. The normalized spacial score (nSPS) is 15.4. The van der Waals surface area contributed by atoms with Crippen molar-refractivity contribution in [3.63, 3.8) is 0 Å². The fourth-order valence-corrected chi connectivity index (χ4v) is 5.15. The third-order valence-electron chi connectivity index (χ3n) is 7.37. The minimum Gasteiger partial charge on any atom is -0.390 e. The van der Waals surface area contributed by atoms with Gasteiger partial charge < -0.3 is 20.3 Å². The Balaban J connectivity index is 1.45. The van der Waals surface area contributed by atoms with Crippen molar-refractivity contribution in [1.82, 2.24) is 14.9 Å². The van der Waals surface area contributed by atoms with E-state index in [-0.39, 0.29) is 0 Å². The maximum atomic E-state index is 10.2. The monoisotopic (exact) mass is 466 g/mol. The summed E-state index contributed by atoms with van der Waals surface area (Å²) in [5.41, 5.74) is 9.54. The van der Waals surface area contributed by atoms with Crippen LogP contribution in [-0.2, 0) is 6.42 Å². The number of likely N-dealkylation sites (tertiary alicyclic amines) is 1. The van der Waals surface area contributed by atoms with Gasteiger partial charge >= 0.3 is 0 Å². The summed E-state index contributed by atoms with van der Waals surface area (Å²) in [7, 11) is 1.97. The van der Waals surface area contributed by atoms with Gasteiger partial charge in [-0.2, -0.15) is 0 Å². The van der Waals surface area contributed by atoms with Gasteiger partial charge in [-0.3, -0.25) is 0 Å². The highest BCUT2D eigenvalue weighted by atomic mass is 16.3. The number of anilines is 1. The van der Waals surface area contributed by atoms with Gasteiger partial charge in [-0.15, -0.1) is 0 Å². The van der Waals surface area contributed by atoms with Crippen LogP contribution in [0.15, 0.2) is 67.4 Å². The Kier molecular flexibility index (Phi) is 6.12. The van der Waals surface area contributed by atoms with Gasteiger partial charge in [0.15, 0.2) is 0 Å². The van der Waals surface area contributed by atoms with Crippen LogP contribution in [0.4, 0.5) is 5.69 Å². The first kappa shape index (κ1) is 23.2. The molecule has 0 saturated carbocycles. The predicted molar refractivity (Wildman–Crippen MR) is 146 cm³/mol. The number of H-pyrrole nitrogens is 1. The Hall–Kier alpha value is -3.57. The summed E-state index contributed by atoms with van der Waals surface area (Å²) >= 11 is 0. The molecule has 5 heteroatoms. The van der Waals surface area contributed by atoms with E-state index in [1.54, 1.807) is 0 Å². The van der Waals surface area contributed by atoms with E-state index in [1.807, 2.05) is 20.2 Å². The van der Waals surface area contributed by atoms with E-state index in [9.17, 15) is 5.11 Å². The van der Waals surface area contributed by atoms with Crippen LogP contribution < -0.4 is 5.32 Å². The number of rotatable bonds is 6. The van der Waals surface area contributed by atoms with Gasteiger partial charge in [0.05, 0.1) is 5.60 Å². The zero-order valence-electron chi connectivity index (χ0n) is 20.9. The molecule has 0 spiro atoms. The molecule has 180 valence electrons. The van der Waals surface area contributed by atoms with Crippen LogP contribution in [0.2, 0.25) is 0 Å². The minimum absolute atomic E-state index is 0.560. The third kappa shape index (κ3) is 4.44. The van der Waals surface area contributed by atoms with E-state index in [1.165, 1.54) is 22.4 Å². The zero-order valence-corrected chi connectivity index (χ0v) is 20.9. The van der Waals surface area contributed by atoms with Crippen LogP contribution in [0.5, 0.6) is 0 Å². The van der Waals surface area contributed by atoms with E-state index < -0.39 is 5.60 Å². The molecule has 3 heterocycles. The minimum atomic E-state index is -0.560. The van der Waals surface area contributed by atoms with Crippen LogP contribution >= 0.6 is 0 Å². The first-order valence-electron chi connectivity index (χ1n) is 12.4. The maximum absolute atomic E-state index is 10.2. The molecule has 0 unspecified atom stereocenters. The Labute approximate surface area is 207 Å². The van der Waals surface area contributed by atoms with Gasteiger partial charge in [0.25, 0.3) is 0 Å². The van der Waals surface area contributed by atoms with Gasteiger partial charge in [-0.1, -0.05) is 49.9 Å². The first-order valence-corrected chi connectivity index (χ1v) is 12.4. The molecular formula is C30H34N4O. The number of nitrogens with one attached hydrogen (secondary N) is 2. The quantitative estimate of drug-likeness (QED) is 0.311. The molecule has 5 rings (SSSR count). The molecule has 1 aliphatic rings. The highest BCUT2D eigenvalue weighted by Gasteiger charge is 2.28. The van der Waals surface area contributed by atoms with E-state index in [4.69, 9.17) is 0 Å². The fraction of sp³-hybridized carbons (Fsp3) is 0.300. The molecule has 0 bridgehead atoms. The van der Waals surface area contributed by atoms with Crippen molar-refractivity contribution in [3.8, 4) is 22.4 Å².